The van der Waals surface area contributed by atoms with E-state index in [0.29, 0.717) is 0 Å². The van der Waals surface area contributed by atoms with E-state index in [0.717, 1.165) is 11.1 Å². The molecule has 0 aliphatic carbocycles. The molecule has 0 radical (unpaired) electrons. The topological polar surface area (TPSA) is 0 Å². The zero-order valence-electron chi connectivity index (χ0n) is 12.3. The molecule has 0 heterocycles. The molecule has 0 unspecified atom stereocenters. The Balaban J connectivity index is 0.000000280. The van der Waals surface area contributed by atoms with Gasteiger partial charge in [-0.25, -0.2) is 12.1 Å². The van der Waals surface area contributed by atoms with Gasteiger partial charge in [-0.1, -0.05) is 12.1 Å². The van der Waals surface area contributed by atoms with Gasteiger partial charge < -0.3 is 0 Å². The smallest absolute Gasteiger partial charge is 0.172 e. The van der Waals surface area contributed by atoms with E-state index in [4.69, 9.17) is 17.0 Å². The molecular weight excluding hydrogens is 390 g/mol. The Morgan fingerprint density at radius 2 is 0.955 bits per heavy atom. The van der Waals surface area contributed by atoms with E-state index in [-0.39, 0.29) is 0 Å². The first-order valence-electron chi connectivity index (χ1n) is 6.57. The summed E-state index contributed by atoms with van der Waals surface area (Å²) >= 11 is -0.826. The zero-order valence-corrected chi connectivity index (χ0v) is 16.3. The molecule has 0 saturated heterocycles. The minimum absolute atomic E-state index is 0.826. The summed E-state index contributed by atoms with van der Waals surface area (Å²) in [5.41, 5.74) is 2.14. The van der Waals surface area contributed by atoms with Crippen molar-refractivity contribution in [3.63, 3.8) is 0 Å². The first-order chi connectivity index (χ1) is 10.7. The number of halogens is 2. The van der Waals surface area contributed by atoms with E-state index >= 15 is 0 Å². The van der Waals surface area contributed by atoms with Gasteiger partial charge in [0, 0.05) is 0 Å². The number of rotatable bonds is 0. The van der Waals surface area contributed by atoms with Gasteiger partial charge in [0.05, 0.1) is 0 Å². The molecule has 0 fully saturated rings. The maximum absolute atomic E-state index is 4.93. The summed E-state index contributed by atoms with van der Waals surface area (Å²) in [5, 5.41) is 0. The Morgan fingerprint density at radius 3 is 1.09 bits per heavy atom. The Kier molecular flexibility index (Phi) is 15.6. The summed E-state index contributed by atoms with van der Waals surface area (Å²) in [6, 6.07) is 29.7. The van der Waals surface area contributed by atoms with E-state index in [1.54, 1.807) is 0 Å². The normalized spacial score (nSPS) is 7.91. The van der Waals surface area contributed by atoms with Crippen molar-refractivity contribution in [2.24, 2.45) is 0 Å². The second-order valence-electron chi connectivity index (χ2n) is 4.00. The van der Waals surface area contributed by atoms with Crippen molar-refractivity contribution in [3.8, 4) is 0 Å². The number of hydrogen-bond acceptors (Lipinski definition) is 0. The number of hydrogen-bond donors (Lipinski definition) is 0. The molecule has 0 N–H and O–H groups in total. The molecule has 3 aromatic carbocycles. The second-order valence-corrected chi connectivity index (χ2v) is 7.74. The molecule has 22 heavy (non-hydrogen) atoms. The van der Waals surface area contributed by atoms with E-state index < -0.39 is 20.8 Å². The Labute approximate surface area is 153 Å². The van der Waals surface area contributed by atoms with Crippen LogP contribution in [0.2, 0.25) is 0 Å². The van der Waals surface area contributed by atoms with Crippen LogP contribution in [0.25, 0.3) is 0 Å². The Morgan fingerprint density at radius 1 is 0.636 bits per heavy atom. The SMILES string of the molecule is [CH2-]c1ccccc1.[CH2-]c1ccccc1.[Cl][Zr][Cl].c1cc[cH-]c1. The van der Waals surface area contributed by atoms with Gasteiger partial charge in [0.25, 0.3) is 0 Å². The fourth-order valence-corrected chi connectivity index (χ4v) is 1.28. The predicted octanol–water partition coefficient (Wildman–Crippen LogP) is 6.52. The minimum Gasteiger partial charge on any atom is -0.214 e. The Bertz CT molecular complexity index is 467. The van der Waals surface area contributed by atoms with Crippen molar-refractivity contribution in [2.45, 2.75) is 0 Å². The molecule has 0 spiro atoms. The molecule has 0 amide bonds. The first-order valence-corrected chi connectivity index (χ1v) is 12.9. The third-order valence-electron chi connectivity index (χ3n) is 2.24. The van der Waals surface area contributed by atoms with Gasteiger partial charge in [-0.2, -0.15) is 67.4 Å². The average Bonchev–Trinajstić information content (AvgIpc) is 3.10. The molecule has 3 aromatic rings. The van der Waals surface area contributed by atoms with Crippen molar-refractivity contribution in [1.82, 2.24) is 0 Å². The molecular formula is C19H19Cl2Zr-3. The molecule has 0 aliphatic rings. The van der Waals surface area contributed by atoms with Crippen molar-refractivity contribution in [1.29, 1.82) is 0 Å². The van der Waals surface area contributed by atoms with Crippen LogP contribution in [0.4, 0.5) is 0 Å². The van der Waals surface area contributed by atoms with Crippen LogP contribution in [0.1, 0.15) is 11.1 Å². The van der Waals surface area contributed by atoms with Gasteiger partial charge in [-0.3, -0.25) is 0 Å². The molecule has 3 heteroatoms. The summed E-state index contributed by atoms with van der Waals surface area (Å²) in [7, 11) is 9.87. The molecule has 0 atom stereocenters. The van der Waals surface area contributed by atoms with Crippen molar-refractivity contribution < 1.29 is 20.8 Å². The molecule has 0 bridgehead atoms. The molecule has 0 nitrogen and oxygen atoms in total. The quantitative estimate of drug-likeness (QED) is 0.371. The van der Waals surface area contributed by atoms with Crippen LogP contribution in [0.15, 0.2) is 91.0 Å². The zero-order chi connectivity index (χ0) is 16.5. The van der Waals surface area contributed by atoms with Crippen LogP contribution < -0.4 is 0 Å². The van der Waals surface area contributed by atoms with Crippen molar-refractivity contribution in [3.05, 3.63) is 116 Å². The van der Waals surface area contributed by atoms with Crippen molar-refractivity contribution in [2.75, 3.05) is 0 Å². The molecule has 0 aliphatic heterocycles. The maximum atomic E-state index is 4.93. The third-order valence-corrected chi connectivity index (χ3v) is 2.24. The Hall–Kier alpha value is -1.01. The van der Waals surface area contributed by atoms with Gasteiger partial charge >= 0.3 is 37.9 Å². The molecule has 3 rings (SSSR count). The third kappa shape index (κ3) is 15.4. The van der Waals surface area contributed by atoms with E-state index in [2.05, 4.69) is 13.8 Å². The van der Waals surface area contributed by atoms with Crippen LogP contribution in [-0.2, 0) is 20.8 Å². The summed E-state index contributed by atoms with van der Waals surface area (Å²) in [5.74, 6) is 0. The van der Waals surface area contributed by atoms with Gasteiger partial charge in [-0.05, 0) is 0 Å². The van der Waals surface area contributed by atoms with Gasteiger partial charge in [-0.15, -0.1) is 24.3 Å². The summed E-state index contributed by atoms with van der Waals surface area (Å²) in [6.45, 7) is 7.44. The van der Waals surface area contributed by atoms with Gasteiger partial charge in [0.2, 0.25) is 0 Å². The largest absolute Gasteiger partial charge is 0.214 e. The van der Waals surface area contributed by atoms with Crippen LogP contribution in [-0.4, -0.2) is 0 Å². The molecule has 0 aromatic heterocycles. The van der Waals surface area contributed by atoms with Gasteiger partial charge in [0.1, 0.15) is 0 Å². The van der Waals surface area contributed by atoms with Crippen LogP contribution in [0.3, 0.4) is 0 Å². The van der Waals surface area contributed by atoms with Crippen molar-refractivity contribution >= 4 is 17.0 Å². The summed E-state index contributed by atoms with van der Waals surface area (Å²) in [4.78, 5) is 0. The first kappa shape index (κ1) is 21.0. The monoisotopic (exact) mass is 407 g/mol. The van der Waals surface area contributed by atoms with Gasteiger partial charge in [0.15, 0.2) is 0 Å². The summed E-state index contributed by atoms with van der Waals surface area (Å²) < 4.78 is 0. The second kappa shape index (κ2) is 16.4. The number of benzene rings is 2. The molecule has 116 valence electrons. The minimum atomic E-state index is -0.826. The fourth-order valence-electron chi connectivity index (χ4n) is 1.28. The van der Waals surface area contributed by atoms with E-state index in [1.807, 2.05) is 91.0 Å². The fraction of sp³-hybridized carbons (Fsp3) is 0. The van der Waals surface area contributed by atoms with Crippen LogP contribution in [0, 0.1) is 13.8 Å². The van der Waals surface area contributed by atoms with E-state index in [1.165, 1.54) is 0 Å². The maximum Gasteiger partial charge on any atom is -0.172 e. The van der Waals surface area contributed by atoms with Crippen LogP contribution in [0.5, 0.6) is 0 Å². The average molecular weight is 409 g/mol. The summed E-state index contributed by atoms with van der Waals surface area (Å²) in [6.07, 6.45) is 0. The predicted molar refractivity (Wildman–Crippen MR) is 95.5 cm³/mol. The van der Waals surface area contributed by atoms with E-state index in [9.17, 15) is 0 Å². The standard InChI is InChI=1S/2C7H7.C5H5.2ClH.Zr/c2*1-7-5-3-2-4-6-7;1-2-4-5-3-1;;;/h2*2-6H,1H2;1-5H;2*1H;/q3*-1;;;+2/p-2. The molecule has 0 saturated carbocycles. The van der Waals surface area contributed by atoms with Crippen LogP contribution >= 0.6 is 17.0 Å².